The summed E-state index contributed by atoms with van der Waals surface area (Å²) in [6, 6.07) is 7.23. The molecule has 0 unspecified atom stereocenters. The van der Waals surface area contributed by atoms with Crippen molar-refractivity contribution in [3.63, 3.8) is 0 Å². The van der Waals surface area contributed by atoms with Crippen LogP contribution >= 0.6 is 0 Å². The van der Waals surface area contributed by atoms with Crippen molar-refractivity contribution < 1.29 is 4.79 Å². The molecule has 5 N–H and O–H groups in total. The number of hydrogen-bond acceptors (Lipinski definition) is 3. The standard InChI is InChI=1S/C12H17N5O/c1-8(13)16-17-12(14)10-5-3-9(4-6-10)7-11(18)15-2/h3-6H,7H2,1-2H3,(H2,13,16)(H2,14,17)(H,15,18). The van der Waals surface area contributed by atoms with Crippen molar-refractivity contribution in [1.82, 2.24) is 5.32 Å². The summed E-state index contributed by atoms with van der Waals surface area (Å²) in [5.74, 6) is 0.591. The molecule has 18 heavy (non-hydrogen) atoms. The topological polar surface area (TPSA) is 106 Å². The number of amides is 1. The molecule has 0 saturated heterocycles. The van der Waals surface area contributed by atoms with Gasteiger partial charge in [0.05, 0.1) is 6.42 Å². The van der Waals surface area contributed by atoms with Crippen LogP contribution in [0.1, 0.15) is 18.1 Å². The molecule has 0 aliphatic rings. The number of benzene rings is 1. The van der Waals surface area contributed by atoms with Crippen LogP contribution in [0.3, 0.4) is 0 Å². The van der Waals surface area contributed by atoms with Gasteiger partial charge in [-0.15, -0.1) is 10.2 Å². The van der Waals surface area contributed by atoms with Crippen LogP contribution in [0.5, 0.6) is 0 Å². The molecule has 6 heteroatoms. The Morgan fingerprint density at radius 2 is 1.83 bits per heavy atom. The molecule has 1 aromatic rings. The van der Waals surface area contributed by atoms with E-state index in [1.54, 1.807) is 26.1 Å². The summed E-state index contributed by atoms with van der Waals surface area (Å²) in [5, 5.41) is 10.0. The zero-order chi connectivity index (χ0) is 13.5. The first-order chi connectivity index (χ1) is 8.52. The lowest BCUT2D eigenvalue weighted by molar-refractivity contribution is -0.119. The summed E-state index contributed by atoms with van der Waals surface area (Å²) in [6.07, 6.45) is 0.341. The highest BCUT2D eigenvalue weighted by atomic mass is 16.1. The van der Waals surface area contributed by atoms with Crippen molar-refractivity contribution in [2.45, 2.75) is 13.3 Å². The van der Waals surface area contributed by atoms with E-state index in [-0.39, 0.29) is 11.7 Å². The second kappa shape index (κ2) is 6.39. The van der Waals surface area contributed by atoms with E-state index in [0.29, 0.717) is 12.3 Å². The fourth-order valence-electron chi connectivity index (χ4n) is 1.26. The summed E-state index contributed by atoms with van der Waals surface area (Å²) < 4.78 is 0. The molecule has 1 rings (SSSR count). The number of rotatable bonds is 4. The molecule has 0 heterocycles. The second-order valence-corrected chi connectivity index (χ2v) is 3.77. The van der Waals surface area contributed by atoms with Crippen molar-refractivity contribution >= 4 is 17.6 Å². The molecule has 0 atom stereocenters. The molecule has 1 amide bonds. The molecule has 0 bridgehead atoms. The van der Waals surface area contributed by atoms with Gasteiger partial charge in [0, 0.05) is 12.6 Å². The lowest BCUT2D eigenvalue weighted by Gasteiger charge is -2.02. The first-order valence-electron chi connectivity index (χ1n) is 5.46. The summed E-state index contributed by atoms with van der Waals surface area (Å²) in [6.45, 7) is 1.63. The maximum absolute atomic E-state index is 11.2. The van der Waals surface area contributed by atoms with Crippen LogP contribution in [0.15, 0.2) is 34.5 Å². The van der Waals surface area contributed by atoms with Gasteiger partial charge in [0.25, 0.3) is 0 Å². The smallest absolute Gasteiger partial charge is 0.224 e. The molecular formula is C12H17N5O. The highest BCUT2D eigenvalue weighted by molar-refractivity contribution is 5.97. The van der Waals surface area contributed by atoms with Crippen LogP contribution in [-0.4, -0.2) is 24.6 Å². The third-order valence-corrected chi connectivity index (χ3v) is 2.21. The largest absolute Gasteiger partial charge is 0.386 e. The Balaban J connectivity index is 2.79. The molecule has 96 valence electrons. The van der Waals surface area contributed by atoms with E-state index >= 15 is 0 Å². The second-order valence-electron chi connectivity index (χ2n) is 3.77. The number of nitrogens with one attached hydrogen (secondary N) is 1. The predicted octanol–water partition coefficient (Wildman–Crippen LogP) is -0.0275. The summed E-state index contributed by atoms with van der Waals surface area (Å²) in [7, 11) is 1.61. The van der Waals surface area contributed by atoms with E-state index in [1.165, 1.54) is 0 Å². The lowest BCUT2D eigenvalue weighted by atomic mass is 10.1. The van der Waals surface area contributed by atoms with Crippen LogP contribution in [0.2, 0.25) is 0 Å². The fourth-order valence-corrected chi connectivity index (χ4v) is 1.26. The third-order valence-electron chi connectivity index (χ3n) is 2.21. The number of likely N-dealkylation sites (N-methyl/N-ethyl adjacent to an activating group) is 1. The van der Waals surface area contributed by atoms with Crippen LogP contribution in [0, 0.1) is 0 Å². The first kappa shape index (κ1) is 13.7. The van der Waals surface area contributed by atoms with Crippen LogP contribution in [0.25, 0.3) is 0 Å². The number of amidine groups is 2. The molecule has 0 radical (unpaired) electrons. The fraction of sp³-hybridized carbons (Fsp3) is 0.250. The van der Waals surface area contributed by atoms with Gasteiger partial charge in [-0.25, -0.2) is 0 Å². The molecule has 0 aliphatic carbocycles. The van der Waals surface area contributed by atoms with Gasteiger partial charge in [0.15, 0.2) is 5.84 Å². The van der Waals surface area contributed by atoms with Crippen LogP contribution in [0.4, 0.5) is 0 Å². The van der Waals surface area contributed by atoms with Crippen molar-refractivity contribution in [2.75, 3.05) is 7.05 Å². The highest BCUT2D eigenvalue weighted by Gasteiger charge is 2.02. The van der Waals surface area contributed by atoms with Crippen molar-refractivity contribution in [1.29, 1.82) is 0 Å². The molecule has 0 aromatic heterocycles. The minimum Gasteiger partial charge on any atom is -0.386 e. The molecule has 0 saturated carbocycles. The molecule has 0 fully saturated rings. The third kappa shape index (κ3) is 4.25. The number of carbonyl (C=O) groups excluding carboxylic acids is 1. The van der Waals surface area contributed by atoms with Gasteiger partial charge in [-0.1, -0.05) is 24.3 Å². The summed E-state index contributed by atoms with van der Waals surface area (Å²) in [4.78, 5) is 11.2. The van der Waals surface area contributed by atoms with Crippen molar-refractivity contribution in [3.8, 4) is 0 Å². The van der Waals surface area contributed by atoms with Crippen LogP contribution < -0.4 is 16.8 Å². The minimum absolute atomic E-state index is 0.0345. The Morgan fingerprint density at radius 3 is 2.33 bits per heavy atom. The average molecular weight is 247 g/mol. The van der Waals surface area contributed by atoms with E-state index in [1.807, 2.05) is 12.1 Å². The Morgan fingerprint density at radius 1 is 1.22 bits per heavy atom. The van der Waals surface area contributed by atoms with E-state index in [9.17, 15) is 4.79 Å². The average Bonchev–Trinajstić information content (AvgIpc) is 2.36. The highest BCUT2D eigenvalue weighted by Crippen LogP contribution is 2.05. The Hall–Kier alpha value is -2.37. The van der Waals surface area contributed by atoms with Gasteiger partial charge in [-0.05, 0) is 12.5 Å². The molecule has 1 aromatic carbocycles. The van der Waals surface area contributed by atoms with E-state index in [4.69, 9.17) is 11.5 Å². The lowest BCUT2D eigenvalue weighted by Crippen LogP contribution is -2.20. The number of carbonyl (C=O) groups is 1. The SMILES string of the molecule is CNC(=O)Cc1ccc(/C(N)=N/N=C(/C)N)cc1. The quantitative estimate of drug-likeness (QED) is 0.395. The Labute approximate surface area is 106 Å². The number of nitrogens with two attached hydrogens (primary N) is 2. The molecule has 0 spiro atoms. The Bertz CT molecular complexity index is 472. The van der Waals surface area contributed by atoms with Gasteiger partial charge in [-0.2, -0.15) is 0 Å². The summed E-state index contributed by atoms with van der Waals surface area (Å²) >= 11 is 0. The van der Waals surface area contributed by atoms with Gasteiger partial charge >= 0.3 is 0 Å². The van der Waals surface area contributed by atoms with E-state index in [0.717, 1.165) is 11.1 Å². The van der Waals surface area contributed by atoms with Gasteiger partial charge in [0.1, 0.15) is 5.84 Å². The first-order valence-corrected chi connectivity index (χ1v) is 5.46. The maximum Gasteiger partial charge on any atom is 0.224 e. The Kier molecular flexibility index (Phi) is 4.86. The minimum atomic E-state index is -0.0345. The zero-order valence-electron chi connectivity index (χ0n) is 10.5. The normalized spacial score (nSPS) is 12.3. The van der Waals surface area contributed by atoms with E-state index < -0.39 is 0 Å². The predicted molar refractivity (Wildman–Crippen MR) is 72.2 cm³/mol. The van der Waals surface area contributed by atoms with Gasteiger partial charge in [-0.3, -0.25) is 4.79 Å². The molecule has 0 aliphatic heterocycles. The monoisotopic (exact) mass is 247 g/mol. The van der Waals surface area contributed by atoms with Crippen LogP contribution in [-0.2, 0) is 11.2 Å². The van der Waals surface area contributed by atoms with Crippen molar-refractivity contribution in [3.05, 3.63) is 35.4 Å². The molecule has 6 nitrogen and oxygen atoms in total. The summed E-state index contributed by atoms with van der Waals surface area (Å²) in [5.41, 5.74) is 12.7. The van der Waals surface area contributed by atoms with Gasteiger partial charge in [0.2, 0.25) is 5.91 Å². The molecular weight excluding hydrogens is 230 g/mol. The maximum atomic E-state index is 11.2. The number of hydrogen-bond donors (Lipinski definition) is 3. The zero-order valence-corrected chi connectivity index (χ0v) is 10.5. The number of nitrogens with zero attached hydrogens (tertiary/aromatic N) is 2. The van der Waals surface area contributed by atoms with E-state index in [2.05, 4.69) is 15.5 Å². The van der Waals surface area contributed by atoms with Gasteiger partial charge < -0.3 is 16.8 Å². The van der Waals surface area contributed by atoms with Crippen molar-refractivity contribution in [2.24, 2.45) is 21.7 Å².